The van der Waals surface area contributed by atoms with Crippen LogP contribution in [-0.4, -0.2) is 68.3 Å². The van der Waals surface area contributed by atoms with E-state index in [0.29, 0.717) is 11.1 Å². The number of hydrogen-bond acceptors (Lipinski definition) is 6. The third kappa shape index (κ3) is 10.3. The molecule has 0 amide bonds. The van der Waals surface area contributed by atoms with Gasteiger partial charge in [0.25, 0.3) is 0 Å². The fourth-order valence-corrected chi connectivity index (χ4v) is 2.86. The van der Waals surface area contributed by atoms with E-state index in [1.165, 1.54) is 12.1 Å². The molecule has 0 aromatic heterocycles. The monoisotopic (exact) mass is 436 g/mol. The smallest absolute Gasteiger partial charge is 1.00 e. The van der Waals surface area contributed by atoms with Crippen molar-refractivity contribution < 1.29 is 92.0 Å². The molecule has 0 bridgehead atoms. The van der Waals surface area contributed by atoms with Crippen molar-refractivity contribution >= 4 is 11.9 Å². The summed E-state index contributed by atoms with van der Waals surface area (Å²) in [6.45, 7) is 0.508. The molecule has 154 valence electrons. The van der Waals surface area contributed by atoms with Crippen molar-refractivity contribution in [3.8, 4) is 11.5 Å². The molecule has 4 N–H and O–H groups in total. The Morgan fingerprint density at radius 1 is 0.700 bits per heavy atom. The van der Waals surface area contributed by atoms with Crippen molar-refractivity contribution in [2.75, 3.05) is 26.2 Å². The molecule has 0 spiro atoms. The van der Waals surface area contributed by atoms with Crippen LogP contribution in [0.1, 0.15) is 14.0 Å². The number of carboxylic acids is 2. The van der Waals surface area contributed by atoms with Crippen molar-refractivity contribution in [2.45, 2.75) is 13.1 Å². The maximum atomic E-state index is 11.2. The summed E-state index contributed by atoms with van der Waals surface area (Å²) >= 11 is 0. The van der Waals surface area contributed by atoms with Gasteiger partial charge in [-0.05, 0) is 12.1 Å². The summed E-state index contributed by atoms with van der Waals surface area (Å²) in [5.74, 6) is -1.87. The van der Waals surface area contributed by atoms with Crippen LogP contribution in [-0.2, 0) is 22.7 Å². The molecule has 2 aromatic carbocycles. The Balaban J connectivity index is -0.00000210. The predicted molar refractivity (Wildman–Crippen MR) is 104 cm³/mol. The third-order valence-electron chi connectivity index (χ3n) is 4.22. The number of carbonyl (C=O) groups is 2. The molecule has 2 rings (SSSR count). The van der Waals surface area contributed by atoms with Gasteiger partial charge in [-0.2, -0.15) is 0 Å². The quantitative estimate of drug-likeness (QED) is 0.262. The summed E-state index contributed by atoms with van der Waals surface area (Å²) in [5.41, 5.74) is 1.18. The van der Waals surface area contributed by atoms with Gasteiger partial charge in [-0.1, -0.05) is 36.4 Å². The largest absolute Gasteiger partial charge is 1.00 e. The van der Waals surface area contributed by atoms with Crippen LogP contribution in [0.3, 0.4) is 0 Å². The van der Waals surface area contributed by atoms with E-state index in [4.69, 9.17) is 10.2 Å². The number of para-hydroxylation sites is 2. The van der Waals surface area contributed by atoms with Crippen LogP contribution in [0.25, 0.3) is 0 Å². The molecule has 8 nitrogen and oxygen atoms in total. The molecule has 0 unspecified atom stereocenters. The molecular weight excluding hydrogens is 410 g/mol. The van der Waals surface area contributed by atoms with Gasteiger partial charge < -0.3 is 23.3 Å². The molecular formula is C20H26N2Na2O6. The summed E-state index contributed by atoms with van der Waals surface area (Å²) in [4.78, 5) is 25.6. The van der Waals surface area contributed by atoms with Crippen LogP contribution in [0.2, 0.25) is 0 Å². The fraction of sp³-hybridized carbons (Fsp3) is 0.300. The summed E-state index contributed by atoms with van der Waals surface area (Å²) in [5, 5.41) is 38.2. The predicted octanol–water partition coefficient (Wildman–Crippen LogP) is -4.20. The Bertz CT molecular complexity index is 765. The third-order valence-corrected chi connectivity index (χ3v) is 4.22. The van der Waals surface area contributed by atoms with Crippen molar-refractivity contribution in [2.24, 2.45) is 0 Å². The minimum atomic E-state index is -1.01. The van der Waals surface area contributed by atoms with E-state index in [-0.39, 0.29) is 113 Å². The first kappa shape index (κ1) is 28.9. The average molecular weight is 436 g/mol. The van der Waals surface area contributed by atoms with Crippen LogP contribution in [0.5, 0.6) is 11.5 Å². The molecule has 0 atom stereocenters. The SMILES string of the molecule is O=C(O)CN(CCN(CC(=O)O)Cc1ccccc1O)Cc1ccccc1O.[H-].[H-].[Na+].[Na+]. The van der Waals surface area contributed by atoms with Crippen LogP contribution in [0, 0.1) is 0 Å². The molecule has 0 aliphatic rings. The minimum absolute atomic E-state index is 0. The first-order valence-electron chi connectivity index (χ1n) is 8.77. The number of benzene rings is 2. The molecule has 0 radical (unpaired) electrons. The molecule has 0 heterocycles. The Morgan fingerprint density at radius 2 is 1.03 bits per heavy atom. The van der Waals surface area contributed by atoms with Crippen LogP contribution < -0.4 is 59.1 Å². The van der Waals surface area contributed by atoms with Gasteiger partial charge >= 0.3 is 71.1 Å². The number of rotatable bonds is 11. The Kier molecular flexibility index (Phi) is 14.3. The second-order valence-corrected chi connectivity index (χ2v) is 6.47. The van der Waals surface area contributed by atoms with Gasteiger partial charge in [-0.15, -0.1) is 0 Å². The van der Waals surface area contributed by atoms with Crippen LogP contribution >= 0.6 is 0 Å². The number of phenols is 2. The van der Waals surface area contributed by atoms with E-state index in [9.17, 15) is 19.8 Å². The number of carboxylic acid groups (broad SMARTS) is 2. The number of nitrogens with zero attached hydrogens (tertiary/aromatic N) is 2. The molecule has 30 heavy (non-hydrogen) atoms. The maximum absolute atomic E-state index is 11.2. The normalized spacial score (nSPS) is 10.3. The van der Waals surface area contributed by atoms with Gasteiger partial charge in [-0.3, -0.25) is 19.4 Å². The standard InChI is InChI=1S/C20H24N2O6.2Na.2H/c23-17-7-3-1-5-15(17)11-21(13-19(25)26)9-10-22(14-20(27)28)12-16-6-2-4-8-18(16)24;;;;/h1-8,23-24H,9-14H2,(H,25,26)(H,27,28);;;;/q;2*+1;2*-1. The first-order chi connectivity index (χ1) is 13.3. The summed E-state index contributed by atoms with van der Waals surface area (Å²) < 4.78 is 0. The molecule has 0 aliphatic heterocycles. The number of phenolic OH excluding ortho intramolecular Hbond substituents is 2. The minimum Gasteiger partial charge on any atom is -1.00 e. The van der Waals surface area contributed by atoms with E-state index < -0.39 is 11.9 Å². The number of hydrogen-bond donors (Lipinski definition) is 4. The molecule has 0 saturated carbocycles. The second kappa shape index (κ2) is 14.8. The van der Waals surface area contributed by atoms with Crippen LogP contribution in [0.15, 0.2) is 48.5 Å². The summed E-state index contributed by atoms with van der Waals surface area (Å²) in [6.07, 6.45) is 0. The van der Waals surface area contributed by atoms with Gasteiger partial charge in [0.05, 0.1) is 13.1 Å². The Morgan fingerprint density at radius 3 is 1.33 bits per heavy atom. The first-order valence-corrected chi connectivity index (χ1v) is 8.77. The van der Waals surface area contributed by atoms with Gasteiger partial charge in [0.1, 0.15) is 11.5 Å². The van der Waals surface area contributed by atoms with Crippen LogP contribution in [0.4, 0.5) is 0 Å². The molecule has 10 heteroatoms. The second-order valence-electron chi connectivity index (χ2n) is 6.47. The van der Waals surface area contributed by atoms with Crippen molar-refractivity contribution in [1.29, 1.82) is 0 Å². The fourth-order valence-electron chi connectivity index (χ4n) is 2.86. The zero-order valence-electron chi connectivity index (χ0n) is 19.4. The summed E-state index contributed by atoms with van der Waals surface area (Å²) in [6, 6.07) is 13.4. The van der Waals surface area contributed by atoms with E-state index in [1.54, 1.807) is 46.2 Å². The Labute approximate surface area is 222 Å². The zero-order valence-corrected chi connectivity index (χ0v) is 21.4. The molecule has 0 fully saturated rings. The average Bonchev–Trinajstić information content (AvgIpc) is 2.62. The van der Waals surface area contributed by atoms with Crippen molar-refractivity contribution in [3.05, 3.63) is 59.7 Å². The van der Waals surface area contributed by atoms with Crippen molar-refractivity contribution in [1.82, 2.24) is 9.80 Å². The Hall–Kier alpha value is -1.10. The van der Waals surface area contributed by atoms with E-state index in [1.807, 2.05) is 0 Å². The molecule has 0 saturated heterocycles. The summed E-state index contributed by atoms with van der Waals surface area (Å²) in [7, 11) is 0. The molecule has 0 aliphatic carbocycles. The van der Waals surface area contributed by atoms with E-state index in [0.717, 1.165) is 0 Å². The van der Waals surface area contributed by atoms with Gasteiger partial charge in [0.2, 0.25) is 0 Å². The van der Waals surface area contributed by atoms with E-state index >= 15 is 0 Å². The topological polar surface area (TPSA) is 122 Å². The maximum Gasteiger partial charge on any atom is 1.00 e. The van der Waals surface area contributed by atoms with Gasteiger partial charge in [0, 0.05) is 37.3 Å². The van der Waals surface area contributed by atoms with Gasteiger partial charge in [0.15, 0.2) is 0 Å². The zero-order chi connectivity index (χ0) is 20.5. The number of aliphatic carboxylic acids is 2. The number of aromatic hydroxyl groups is 2. The molecule has 2 aromatic rings. The van der Waals surface area contributed by atoms with Crippen molar-refractivity contribution in [3.63, 3.8) is 0 Å². The van der Waals surface area contributed by atoms with E-state index in [2.05, 4.69) is 0 Å². The van der Waals surface area contributed by atoms with Gasteiger partial charge in [-0.25, -0.2) is 0 Å².